The van der Waals surface area contributed by atoms with Crippen molar-refractivity contribution in [3.63, 3.8) is 0 Å². The van der Waals surface area contributed by atoms with Crippen LogP contribution in [-0.4, -0.2) is 17.6 Å². The van der Waals surface area contributed by atoms with E-state index in [1.807, 2.05) is 0 Å². The highest BCUT2D eigenvalue weighted by molar-refractivity contribution is 6.17. The first-order valence-electron chi connectivity index (χ1n) is 7.09. The maximum absolute atomic E-state index is 14.4. The highest BCUT2D eigenvalue weighted by Crippen LogP contribution is 2.30. The molecule has 4 heteroatoms. The number of rotatable bonds is 5. The van der Waals surface area contributed by atoms with Crippen LogP contribution < -0.4 is 4.90 Å². The second-order valence-electron chi connectivity index (χ2n) is 5.73. The molecule has 0 radical (unpaired) electrons. The molecule has 1 aromatic rings. The molecule has 0 spiro atoms. The number of hydrogen-bond acceptors (Lipinski definition) is 2. The SMILES string of the molecule is CC(C)CN(c1nccc(CCl)c1F)C1CCCC1. The molecule has 1 aliphatic rings. The molecule has 2 nitrogen and oxygen atoms in total. The minimum Gasteiger partial charge on any atom is -0.351 e. The third-order valence-electron chi connectivity index (χ3n) is 3.69. The molecule has 0 amide bonds. The predicted octanol–water partition coefficient (Wildman–Crippen LogP) is 4.36. The molecule has 0 unspecified atom stereocenters. The molecule has 1 aromatic heterocycles. The van der Waals surface area contributed by atoms with Crippen LogP contribution in [0.25, 0.3) is 0 Å². The summed E-state index contributed by atoms with van der Waals surface area (Å²) in [5.74, 6) is 0.923. The molecule has 106 valence electrons. The maximum Gasteiger partial charge on any atom is 0.170 e. The maximum atomic E-state index is 14.4. The Bertz CT molecular complexity index is 417. The monoisotopic (exact) mass is 284 g/mol. The van der Waals surface area contributed by atoms with Crippen molar-refractivity contribution in [2.45, 2.75) is 51.5 Å². The van der Waals surface area contributed by atoms with Crippen molar-refractivity contribution in [3.05, 3.63) is 23.6 Å². The van der Waals surface area contributed by atoms with Gasteiger partial charge in [-0.15, -0.1) is 11.6 Å². The van der Waals surface area contributed by atoms with E-state index >= 15 is 0 Å². The van der Waals surface area contributed by atoms with Gasteiger partial charge in [-0.25, -0.2) is 9.37 Å². The van der Waals surface area contributed by atoms with E-state index in [9.17, 15) is 4.39 Å². The fraction of sp³-hybridized carbons (Fsp3) is 0.667. The topological polar surface area (TPSA) is 16.1 Å². The zero-order valence-corrected chi connectivity index (χ0v) is 12.5. The smallest absolute Gasteiger partial charge is 0.170 e. The number of alkyl halides is 1. The van der Waals surface area contributed by atoms with E-state index in [0.717, 1.165) is 19.4 Å². The molecule has 0 aromatic carbocycles. The summed E-state index contributed by atoms with van der Waals surface area (Å²) in [5.41, 5.74) is 0.540. The van der Waals surface area contributed by atoms with Crippen LogP contribution in [0.2, 0.25) is 0 Å². The number of nitrogens with zero attached hydrogens (tertiary/aromatic N) is 2. The van der Waals surface area contributed by atoms with Crippen molar-refractivity contribution in [1.82, 2.24) is 4.98 Å². The summed E-state index contributed by atoms with van der Waals surface area (Å²) in [6.45, 7) is 5.16. The predicted molar refractivity (Wildman–Crippen MR) is 78.2 cm³/mol. The van der Waals surface area contributed by atoms with Crippen LogP contribution >= 0.6 is 11.6 Å². The van der Waals surface area contributed by atoms with Crippen molar-refractivity contribution in [3.8, 4) is 0 Å². The Morgan fingerprint density at radius 3 is 2.68 bits per heavy atom. The lowest BCUT2D eigenvalue weighted by Crippen LogP contribution is -2.37. The lowest BCUT2D eigenvalue weighted by molar-refractivity contribution is 0.512. The van der Waals surface area contributed by atoms with Crippen LogP contribution in [0.3, 0.4) is 0 Å². The summed E-state index contributed by atoms with van der Waals surface area (Å²) >= 11 is 5.79. The summed E-state index contributed by atoms with van der Waals surface area (Å²) in [4.78, 5) is 6.43. The molecular formula is C15H22ClFN2. The van der Waals surface area contributed by atoms with Gasteiger partial charge in [0.1, 0.15) is 0 Å². The van der Waals surface area contributed by atoms with Gasteiger partial charge in [0.15, 0.2) is 11.6 Å². The second-order valence-corrected chi connectivity index (χ2v) is 5.99. The zero-order valence-electron chi connectivity index (χ0n) is 11.7. The number of hydrogen-bond donors (Lipinski definition) is 0. The lowest BCUT2D eigenvalue weighted by Gasteiger charge is -2.32. The van der Waals surface area contributed by atoms with E-state index in [1.54, 1.807) is 12.3 Å². The second kappa shape index (κ2) is 6.56. The molecule has 1 fully saturated rings. The Kier molecular flexibility index (Phi) is 5.03. The first-order valence-corrected chi connectivity index (χ1v) is 7.63. The van der Waals surface area contributed by atoms with Gasteiger partial charge in [0.2, 0.25) is 0 Å². The number of pyridine rings is 1. The van der Waals surface area contributed by atoms with Crippen molar-refractivity contribution < 1.29 is 4.39 Å². The largest absolute Gasteiger partial charge is 0.351 e. The molecule has 2 rings (SSSR count). The van der Waals surface area contributed by atoms with E-state index in [1.165, 1.54) is 12.8 Å². The lowest BCUT2D eigenvalue weighted by atomic mass is 10.1. The Hall–Kier alpha value is -0.830. The number of anilines is 1. The van der Waals surface area contributed by atoms with Gasteiger partial charge in [-0.05, 0) is 24.8 Å². The van der Waals surface area contributed by atoms with Crippen LogP contribution in [0.15, 0.2) is 12.3 Å². The summed E-state index contributed by atoms with van der Waals surface area (Å²) in [7, 11) is 0. The molecule has 0 N–H and O–H groups in total. The van der Waals surface area contributed by atoms with E-state index in [0.29, 0.717) is 23.3 Å². The molecule has 0 bridgehead atoms. The zero-order chi connectivity index (χ0) is 13.8. The first kappa shape index (κ1) is 14.6. The first-order chi connectivity index (χ1) is 9.13. The highest BCUT2D eigenvalue weighted by atomic mass is 35.5. The average molecular weight is 285 g/mol. The summed E-state index contributed by atoms with van der Waals surface area (Å²) in [6.07, 6.45) is 6.41. The van der Waals surface area contributed by atoms with Crippen LogP contribution in [0, 0.1) is 11.7 Å². The van der Waals surface area contributed by atoms with E-state index in [4.69, 9.17) is 11.6 Å². The fourth-order valence-corrected chi connectivity index (χ4v) is 3.00. The van der Waals surface area contributed by atoms with Gasteiger partial charge in [0, 0.05) is 24.3 Å². The Morgan fingerprint density at radius 1 is 1.42 bits per heavy atom. The standard InChI is InChI=1S/C15H22ClFN2/c1-11(2)10-19(13-5-3-4-6-13)15-14(17)12(9-16)7-8-18-15/h7-8,11,13H,3-6,9-10H2,1-2H3. The van der Waals surface area contributed by atoms with Crippen molar-refractivity contribution in [2.75, 3.05) is 11.4 Å². The van der Waals surface area contributed by atoms with Crippen LogP contribution in [-0.2, 0) is 5.88 Å². The van der Waals surface area contributed by atoms with Crippen LogP contribution in [0.4, 0.5) is 10.2 Å². The van der Waals surface area contributed by atoms with Gasteiger partial charge < -0.3 is 4.90 Å². The summed E-state index contributed by atoms with van der Waals surface area (Å²) < 4.78 is 14.4. The Labute approximate surface area is 120 Å². The third kappa shape index (κ3) is 3.38. The minimum atomic E-state index is -0.245. The van der Waals surface area contributed by atoms with Gasteiger partial charge in [0.05, 0.1) is 5.88 Å². The highest BCUT2D eigenvalue weighted by Gasteiger charge is 2.27. The van der Waals surface area contributed by atoms with E-state index in [-0.39, 0.29) is 11.7 Å². The molecular weight excluding hydrogens is 263 g/mol. The Balaban J connectivity index is 2.31. The van der Waals surface area contributed by atoms with Gasteiger partial charge in [0.25, 0.3) is 0 Å². The van der Waals surface area contributed by atoms with Crippen LogP contribution in [0.5, 0.6) is 0 Å². The molecule has 1 saturated carbocycles. The molecule has 0 aliphatic heterocycles. The van der Waals surface area contributed by atoms with E-state index < -0.39 is 0 Å². The Morgan fingerprint density at radius 2 is 2.11 bits per heavy atom. The van der Waals surface area contributed by atoms with Crippen molar-refractivity contribution in [2.24, 2.45) is 5.92 Å². The minimum absolute atomic E-state index is 0.196. The number of aromatic nitrogens is 1. The van der Waals surface area contributed by atoms with Crippen molar-refractivity contribution >= 4 is 17.4 Å². The van der Waals surface area contributed by atoms with Gasteiger partial charge >= 0.3 is 0 Å². The van der Waals surface area contributed by atoms with Gasteiger partial charge in [-0.3, -0.25) is 0 Å². The van der Waals surface area contributed by atoms with Gasteiger partial charge in [-0.2, -0.15) is 0 Å². The van der Waals surface area contributed by atoms with Crippen LogP contribution in [0.1, 0.15) is 45.1 Å². The molecule has 1 aliphatic carbocycles. The quantitative estimate of drug-likeness (QED) is 0.747. The molecule has 0 saturated heterocycles. The molecule has 0 atom stereocenters. The fourth-order valence-electron chi connectivity index (χ4n) is 2.79. The van der Waals surface area contributed by atoms with E-state index in [2.05, 4.69) is 23.7 Å². The normalized spacial score (nSPS) is 16.3. The number of halogens is 2. The van der Waals surface area contributed by atoms with Gasteiger partial charge in [-0.1, -0.05) is 26.7 Å². The third-order valence-corrected chi connectivity index (χ3v) is 3.98. The molecule has 19 heavy (non-hydrogen) atoms. The summed E-state index contributed by atoms with van der Waals surface area (Å²) in [5, 5.41) is 0. The average Bonchev–Trinajstić information content (AvgIpc) is 2.90. The molecule has 1 heterocycles. The summed E-state index contributed by atoms with van der Waals surface area (Å²) in [6, 6.07) is 2.09. The van der Waals surface area contributed by atoms with Crippen molar-refractivity contribution in [1.29, 1.82) is 0 Å².